The number of aryl methyl sites for hydroxylation is 1. The van der Waals surface area contributed by atoms with Crippen LogP contribution in [-0.2, 0) is 6.42 Å². The molecule has 2 aromatic rings. The Kier molecular flexibility index (Phi) is 4.01. The molecule has 0 spiro atoms. The summed E-state index contributed by atoms with van der Waals surface area (Å²) in [5.74, 6) is 0. The number of nitro groups is 1. The van der Waals surface area contributed by atoms with Gasteiger partial charge in [0.05, 0.1) is 4.92 Å². The monoisotopic (exact) mass is 311 g/mol. The lowest BCUT2D eigenvalue weighted by atomic mass is 10.0. The van der Waals surface area contributed by atoms with E-state index in [0.29, 0.717) is 16.8 Å². The predicted octanol–water partition coefficient (Wildman–Crippen LogP) is 2.89. The first kappa shape index (κ1) is 14.4. The minimum Gasteiger partial charge on any atom is -0.336 e. The molecule has 20 heavy (non-hydrogen) atoms. The summed E-state index contributed by atoms with van der Waals surface area (Å²) in [4.78, 5) is 27.5. The summed E-state index contributed by atoms with van der Waals surface area (Å²) in [5, 5.41) is 10.9. The van der Waals surface area contributed by atoms with E-state index in [4.69, 9.17) is 23.8 Å². The van der Waals surface area contributed by atoms with Crippen LogP contribution in [0.15, 0.2) is 23.0 Å². The van der Waals surface area contributed by atoms with E-state index >= 15 is 0 Å². The number of hydrogen-bond donors (Lipinski definition) is 2. The molecule has 0 amide bonds. The van der Waals surface area contributed by atoms with Crippen molar-refractivity contribution in [3.05, 3.63) is 65.3 Å². The zero-order valence-electron chi connectivity index (χ0n) is 10.4. The van der Waals surface area contributed by atoms with Gasteiger partial charge >= 0.3 is 0 Å². The van der Waals surface area contributed by atoms with Gasteiger partial charge in [-0.05, 0) is 30.8 Å². The normalized spacial score (nSPS) is 10.5. The number of aromatic nitrogens is 2. The molecule has 1 aromatic heterocycles. The molecule has 0 aliphatic carbocycles. The zero-order chi connectivity index (χ0) is 14.9. The maximum absolute atomic E-state index is 11.8. The summed E-state index contributed by atoms with van der Waals surface area (Å²) >= 11 is 10.6. The van der Waals surface area contributed by atoms with Crippen molar-refractivity contribution in [1.82, 2.24) is 9.97 Å². The van der Waals surface area contributed by atoms with Gasteiger partial charge in [-0.1, -0.05) is 17.7 Å². The minimum absolute atomic E-state index is 0.0665. The lowest BCUT2D eigenvalue weighted by Crippen LogP contribution is -2.16. The average molecular weight is 312 g/mol. The lowest BCUT2D eigenvalue weighted by Gasteiger charge is -2.05. The molecule has 8 heteroatoms. The van der Waals surface area contributed by atoms with Crippen LogP contribution in [0.4, 0.5) is 5.69 Å². The Morgan fingerprint density at radius 1 is 1.40 bits per heavy atom. The van der Waals surface area contributed by atoms with Gasteiger partial charge in [-0.2, -0.15) is 0 Å². The summed E-state index contributed by atoms with van der Waals surface area (Å²) < 4.78 is 0.248. The predicted molar refractivity (Wildman–Crippen MR) is 77.9 cm³/mol. The molecule has 0 fully saturated rings. The van der Waals surface area contributed by atoms with Crippen LogP contribution in [0.5, 0.6) is 0 Å². The van der Waals surface area contributed by atoms with Crippen molar-refractivity contribution in [2.24, 2.45) is 0 Å². The topological polar surface area (TPSA) is 91.8 Å². The molecule has 0 atom stereocenters. The highest BCUT2D eigenvalue weighted by Crippen LogP contribution is 2.25. The molecule has 6 nitrogen and oxygen atoms in total. The minimum atomic E-state index is -0.554. The Hall–Kier alpha value is -1.99. The Morgan fingerprint density at radius 2 is 2.10 bits per heavy atom. The fraction of sp³-hybridized carbons (Fsp3) is 0.167. The number of nitrogens with one attached hydrogen (secondary N) is 2. The van der Waals surface area contributed by atoms with Crippen LogP contribution in [0.25, 0.3) is 0 Å². The van der Waals surface area contributed by atoms with E-state index in [9.17, 15) is 14.9 Å². The number of nitro benzene ring substituents is 1. The Bertz CT molecular complexity index is 797. The van der Waals surface area contributed by atoms with Gasteiger partial charge in [0.25, 0.3) is 11.2 Å². The number of nitrogens with zero attached hydrogens (tertiary/aromatic N) is 1. The maximum Gasteiger partial charge on any atom is 0.288 e. The van der Waals surface area contributed by atoms with Crippen LogP contribution in [0.3, 0.4) is 0 Å². The number of rotatable bonds is 3. The lowest BCUT2D eigenvalue weighted by molar-refractivity contribution is -0.384. The maximum atomic E-state index is 11.8. The molecule has 0 radical (unpaired) electrons. The summed E-state index contributed by atoms with van der Waals surface area (Å²) in [6.45, 7) is 1.73. The highest BCUT2D eigenvalue weighted by molar-refractivity contribution is 7.71. The van der Waals surface area contributed by atoms with Crippen molar-refractivity contribution in [3.63, 3.8) is 0 Å². The number of H-pyrrole nitrogens is 2. The van der Waals surface area contributed by atoms with Crippen molar-refractivity contribution < 1.29 is 4.92 Å². The van der Waals surface area contributed by atoms with Crippen LogP contribution >= 0.6 is 23.8 Å². The number of aromatic amines is 2. The molecule has 0 aliphatic rings. The average Bonchev–Trinajstić information content (AvgIpc) is 2.35. The molecule has 1 heterocycles. The van der Waals surface area contributed by atoms with Crippen LogP contribution in [0.1, 0.15) is 16.8 Å². The number of benzene rings is 1. The molecule has 0 aliphatic heterocycles. The van der Waals surface area contributed by atoms with Crippen LogP contribution < -0.4 is 5.56 Å². The van der Waals surface area contributed by atoms with E-state index in [1.54, 1.807) is 13.0 Å². The van der Waals surface area contributed by atoms with E-state index < -0.39 is 4.92 Å². The van der Waals surface area contributed by atoms with Crippen molar-refractivity contribution in [2.45, 2.75) is 13.3 Å². The first-order valence-corrected chi connectivity index (χ1v) is 6.42. The van der Waals surface area contributed by atoms with Crippen molar-refractivity contribution >= 4 is 29.5 Å². The van der Waals surface area contributed by atoms with Gasteiger partial charge in [0.15, 0.2) is 4.77 Å². The fourth-order valence-corrected chi connectivity index (χ4v) is 2.28. The molecule has 2 N–H and O–H groups in total. The third kappa shape index (κ3) is 2.94. The molecular weight excluding hydrogens is 302 g/mol. The van der Waals surface area contributed by atoms with Crippen molar-refractivity contribution in [2.75, 3.05) is 0 Å². The van der Waals surface area contributed by atoms with E-state index in [0.717, 1.165) is 0 Å². The molecular formula is C12H10ClN3O3S. The van der Waals surface area contributed by atoms with Gasteiger partial charge in [0.1, 0.15) is 5.02 Å². The van der Waals surface area contributed by atoms with E-state index in [1.807, 2.05) is 0 Å². The zero-order valence-corrected chi connectivity index (χ0v) is 12.0. The summed E-state index contributed by atoms with van der Waals surface area (Å²) in [7, 11) is 0. The molecule has 1 aromatic carbocycles. The second kappa shape index (κ2) is 5.56. The molecule has 0 bridgehead atoms. The van der Waals surface area contributed by atoms with Gasteiger partial charge in [0.2, 0.25) is 0 Å². The van der Waals surface area contributed by atoms with Crippen LogP contribution in [0, 0.1) is 21.8 Å². The summed E-state index contributed by atoms with van der Waals surface area (Å²) in [6, 6.07) is 4.46. The second-order valence-electron chi connectivity index (χ2n) is 4.23. The molecule has 104 valence electrons. The quantitative estimate of drug-likeness (QED) is 0.518. The van der Waals surface area contributed by atoms with E-state index in [-0.39, 0.29) is 27.5 Å². The third-order valence-electron chi connectivity index (χ3n) is 2.84. The smallest absolute Gasteiger partial charge is 0.288 e. The molecule has 0 saturated carbocycles. The highest BCUT2D eigenvalue weighted by atomic mass is 35.5. The standard InChI is InChI=1S/C12H10ClN3O3S/c1-6-8(11(17)15-12(20)14-6)4-7-2-3-9(13)10(5-7)16(18)19/h2-3,5H,4H2,1H3,(H2,14,15,17,20). The van der Waals surface area contributed by atoms with Crippen molar-refractivity contribution in [3.8, 4) is 0 Å². The van der Waals surface area contributed by atoms with Gasteiger partial charge in [-0.15, -0.1) is 0 Å². The largest absolute Gasteiger partial charge is 0.336 e. The van der Waals surface area contributed by atoms with Gasteiger partial charge in [-0.25, -0.2) is 0 Å². The van der Waals surface area contributed by atoms with Gasteiger partial charge < -0.3 is 4.98 Å². The fourth-order valence-electron chi connectivity index (χ4n) is 1.85. The van der Waals surface area contributed by atoms with Crippen LogP contribution in [0.2, 0.25) is 5.02 Å². The molecule has 0 unspecified atom stereocenters. The van der Waals surface area contributed by atoms with Crippen molar-refractivity contribution in [1.29, 1.82) is 0 Å². The first-order chi connectivity index (χ1) is 9.38. The summed E-state index contributed by atoms with van der Waals surface area (Å²) in [6.07, 6.45) is 0.255. The van der Waals surface area contributed by atoms with E-state index in [2.05, 4.69) is 9.97 Å². The summed E-state index contributed by atoms with van der Waals surface area (Å²) in [5.41, 5.74) is 1.26. The SMILES string of the molecule is Cc1[nH]c(=S)[nH]c(=O)c1Cc1ccc(Cl)c([N+](=O)[O-])c1. The molecule has 2 rings (SSSR count). The number of hydrogen-bond acceptors (Lipinski definition) is 4. The Balaban J connectivity index is 2.46. The van der Waals surface area contributed by atoms with Crippen LogP contribution in [-0.4, -0.2) is 14.9 Å². The second-order valence-corrected chi connectivity index (χ2v) is 5.05. The van der Waals surface area contributed by atoms with Gasteiger partial charge in [-0.3, -0.25) is 19.9 Å². The highest BCUT2D eigenvalue weighted by Gasteiger charge is 2.14. The Labute approximate surface area is 123 Å². The molecule has 0 saturated heterocycles. The van der Waals surface area contributed by atoms with E-state index in [1.165, 1.54) is 12.1 Å². The Morgan fingerprint density at radius 3 is 2.70 bits per heavy atom. The first-order valence-electron chi connectivity index (χ1n) is 5.63. The number of halogens is 1. The van der Waals surface area contributed by atoms with Gasteiger partial charge in [0, 0.05) is 23.7 Å². The third-order valence-corrected chi connectivity index (χ3v) is 3.37.